The molecule has 0 aromatic carbocycles. The first kappa shape index (κ1) is 10.1. The summed E-state index contributed by atoms with van der Waals surface area (Å²) in [4.78, 5) is 12.8. The summed E-state index contributed by atoms with van der Waals surface area (Å²) in [5.74, 6) is 0. The second-order valence-corrected chi connectivity index (χ2v) is 2.71. The highest BCUT2D eigenvalue weighted by atomic mass is 31.2. The molecule has 1 atom stereocenters. The largest absolute Gasteiger partial charge is 0.499 e. The lowest BCUT2D eigenvalue weighted by molar-refractivity contribution is -0.220. The standard InChI is InChI=1S/C4H11O5P/c1-3-7-9-10(5,6)8-4-2/h3-4H2,1-2H3,(H,5,6). The first-order chi connectivity index (χ1) is 4.62. The van der Waals surface area contributed by atoms with Gasteiger partial charge in [0.25, 0.3) is 0 Å². The molecule has 0 saturated carbocycles. The molecule has 0 aliphatic carbocycles. The molecule has 0 rings (SSSR count). The Balaban J connectivity index is 3.53. The zero-order valence-electron chi connectivity index (χ0n) is 5.94. The van der Waals surface area contributed by atoms with E-state index in [1.165, 1.54) is 0 Å². The van der Waals surface area contributed by atoms with Crippen LogP contribution in [0.4, 0.5) is 0 Å². The fraction of sp³-hybridized carbons (Fsp3) is 1.00. The van der Waals surface area contributed by atoms with E-state index in [2.05, 4.69) is 14.1 Å². The molecule has 0 heterocycles. The van der Waals surface area contributed by atoms with Gasteiger partial charge >= 0.3 is 7.82 Å². The summed E-state index contributed by atoms with van der Waals surface area (Å²) < 4.78 is 18.9. The quantitative estimate of drug-likeness (QED) is 0.380. The number of rotatable bonds is 5. The normalized spacial score (nSPS) is 16.7. The highest BCUT2D eigenvalue weighted by molar-refractivity contribution is 7.47. The first-order valence-electron chi connectivity index (χ1n) is 2.91. The van der Waals surface area contributed by atoms with Gasteiger partial charge < -0.3 is 4.89 Å². The maximum Gasteiger partial charge on any atom is 0.499 e. The van der Waals surface area contributed by atoms with E-state index in [1.54, 1.807) is 13.8 Å². The van der Waals surface area contributed by atoms with E-state index in [-0.39, 0.29) is 13.2 Å². The molecule has 0 radical (unpaired) electrons. The Hall–Kier alpha value is 0.0700. The molecule has 0 saturated heterocycles. The van der Waals surface area contributed by atoms with Crippen molar-refractivity contribution in [1.29, 1.82) is 0 Å². The number of hydrogen-bond donors (Lipinski definition) is 1. The van der Waals surface area contributed by atoms with E-state index in [1.807, 2.05) is 0 Å². The average Bonchev–Trinajstić information content (AvgIpc) is 1.84. The molecule has 10 heavy (non-hydrogen) atoms. The van der Waals surface area contributed by atoms with Crippen molar-refractivity contribution in [2.24, 2.45) is 0 Å². The van der Waals surface area contributed by atoms with Gasteiger partial charge in [-0.25, -0.2) is 9.45 Å². The van der Waals surface area contributed by atoms with Crippen LogP contribution in [0.15, 0.2) is 0 Å². The molecule has 0 fully saturated rings. The third-order valence-electron chi connectivity index (χ3n) is 0.557. The molecule has 0 aliphatic rings. The van der Waals surface area contributed by atoms with E-state index in [0.717, 1.165) is 0 Å². The highest BCUT2D eigenvalue weighted by Gasteiger charge is 2.20. The molecule has 5 nitrogen and oxygen atoms in total. The van der Waals surface area contributed by atoms with Crippen molar-refractivity contribution in [3.63, 3.8) is 0 Å². The Morgan fingerprint density at radius 3 is 2.40 bits per heavy atom. The molecular formula is C4H11O5P. The lowest BCUT2D eigenvalue weighted by atomic mass is 10.9. The Bertz CT molecular complexity index is 125. The van der Waals surface area contributed by atoms with Crippen LogP contribution in [-0.4, -0.2) is 18.1 Å². The first-order valence-corrected chi connectivity index (χ1v) is 4.40. The zero-order chi connectivity index (χ0) is 8.04. The molecular weight excluding hydrogens is 159 g/mol. The third-order valence-corrected chi connectivity index (χ3v) is 1.44. The fourth-order valence-electron chi connectivity index (χ4n) is 0.304. The van der Waals surface area contributed by atoms with Gasteiger partial charge in [0.15, 0.2) is 0 Å². The molecule has 0 aliphatic heterocycles. The van der Waals surface area contributed by atoms with Crippen molar-refractivity contribution in [3.8, 4) is 0 Å². The summed E-state index contributed by atoms with van der Waals surface area (Å²) in [6, 6.07) is 0. The smallest absolute Gasteiger partial charge is 0.301 e. The molecule has 0 amide bonds. The lowest BCUT2D eigenvalue weighted by Crippen LogP contribution is -1.95. The minimum absolute atomic E-state index is 0.112. The van der Waals surface area contributed by atoms with Gasteiger partial charge in [-0.15, -0.1) is 4.67 Å². The average molecular weight is 170 g/mol. The number of hydrogen-bond acceptors (Lipinski definition) is 4. The van der Waals surface area contributed by atoms with Crippen molar-refractivity contribution in [1.82, 2.24) is 0 Å². The van der Waals surface area contributed by atoms with E-state index >= 15 is 0 Å². The molecule has 0 bridgehead atoms. The second kappa shape index (κ2) is 4.82. The van der Waals surface area contributed by atoms with E-state index in [9.17, 15) is 4.57 Å². The SMILES string of the molecule is CCOOP(=O)(O)OCC. The fourth-order valence-corrected chi connectivity index (χ4v) is 0.912. The number of phosphoric acid groups is 1. The molecule has 0 aromatic rings. The summed E-state index contributed by atoms with van der Waals surface area (Å²) in [6.07, 6.45) is 0. The van der Waals surface area contributed by atoms with Gasteiger partial charge in [0.05, 0.1) is 13.2 Å². The molecule has 0 spiro atoms. The Kier molecular flexibility index (Phi) is 4.85. The van der Waals surface area contributed by atoms with E-state index in [0.29, 0.717) is 0 Å². The van der Waals surface area contributed by atoms with Crippen LogP contribution in [0.2, 0.25) is 0 Å². The Labute approximate surface area is 59.4 Å². The van der Waals surface area contributed by atoms with Crippen LogP contribution in [0.1, 0.15) is 13.8 Å². The topological polar surface area (TPSA) is 65.0 Å². The van der Waals surface area contributed by atoms with Gasteiger partial charge in [0.1, 0.15) is 0 Å². The Morgan fingerprint density at radius 2 is 2.00 bits per heavy atom. The van der Waals surface area contributed by atoms with Crippen LogP contribution >= 0.6 is 7.82 Å². The molecule has 6 heteroatoms. The molecule has 1 N–H and O–H groups in total. The van der Waals surface area contributed by atoms with Crippen LogP contribution in [0, 0.1) is 0 Å². The van der Waals surface area contributed by atoms with Gasteiger partial charge in [0, 0.05) is 0 Å². The lowest BCUT2D eigenvalue weighted by Gasteiger charge is -2.07. The minimum atomic E-state index is -3.93. The highest BCUT2D eigenvalue weighted by Crippen LogP contribution is 2.42. The van der Waals surface area contributed by atoms with Crippen LogP contribution in [0.3, 0.4) is 0 Å². The maximum atomic E-state index is 10.6. The van der Waals surface area contributed by atoms with Crippen molar-refractivity contribution < 1.29 is 23.5 Å². The van der Waals surface area contributed by atoms with Crippen LogP contribution in [0.5, 0.6) is 0 Å². The molecule has 0 aromatic heterocycles. The van der Waals surface area contributed by atoms with E-state index < -0.39 is 7.82 Å². The summed E-state index contributed by atoms with van der Waals surface area (Å²) in [6.45, 7) is 3.53. The van der Waals surface area contributed by atoms with Gasteiger partial charge in [0.2, 0.25) is 0 Å². The maximum absolute atomic E-state index is 10.6. The molecule has 1 unspecified atom stereocenters. The number of phosphoric ester groups is 1. The van der Waals surface area contributed by atoms with Crippen molar-refractivity contribution in [2.75, 3.05) is 13.2 Å². The van der Waals surface area contributed by atoms with Crippen LogP contribution < -0.4 is 0 Å². The van der Waals surface area contributed by atoms with Gasteiger partial charge in [-0.05, 0) is 13.8 Å². The van der Waals surface area contributed by atoms with Crippen molar-refractivity contribution in [3.05, 3.63) is 0 Å². The predicted octanol–water partition coefficient (Wildman–Crippen LogP) is 1.09. The predicted molar refractivity (Wildman–Crippen MR) is 34.2 cm³/mol. The monoisotopic (exact) mass is 170 g/mol. The minimum Gasteiger partial charge on any atom is -0.301 e. The van der Waals surface area contributed by atoms with Crippen molar-refractivity contribution in [2.45, 2.75) is 13.8 Å². The van der Waals surface area contributed by atoms with Gasteiger partial charge in [-0.1, -0.05) is 0 Å². The van der Waals surface area contributed by atoms with E-state index in [4.69, 9.17) is 4.89 Å². The molecule has 62 valence electrons. The van der Waals surface area contributed by atoms with Gasteiger partial charge in [-0.2, -0.15) is 0 Å². The zero-order valence-corrected chi connectivity index (χ0v) is 6.84. The summed E-state index contributed by atoms with van der Waals surface area (Å²) in [5.41, 5.74) is 0. The van der Waals surface area contributed by atoms with Gasteiger partial charge in [-0.3, -0.25) is 4.52 Å². The summed E-state index contributed by atoms with van der Waals surface area (Å²) >= 11 is 0. The summed E-state index contributed by atoms with van der Waals surface area (Å²) in [7, 11) is -3.93. The van der Waals surface area contributed by atoms with Crippen LogP contribution in [-0.2, 0) is 18.7 Å². The van der Waals surface area contributed by atoms with Crippen LogP contribution in [0.25, 0.3) is 0 Å². The second-order valence-electron chi connectivity index (χ2n) is 1.37. The summed E-state index contributed by atoms with van der Waals surface area (Å²) in [5, 5.41) is 0. The van der Waals surface area contributed by atoms with Crippen molar-refractivity contribution >= 4 is 7.82 Å². The third kappa shape index (κ3) is 4.90. The Morgan fingerprint density at radius 1 is 1.40 bits per heavy atom.